The van der Waals surface area contributed by atoms with Crippen LogP contribution in [0.2, 0.25) is 0 Å². The smallest absolute Gasteiger partial charge is 0.332 e. The maximum atomic E-state index is 13.7. The molecule has 1 aliphatic carbocycles. The number of aliphatic hydroxyl groups is 1. The van der Waals surface area contributed by atoms with Gasteiger partial charge in [0.05, 0.1) is 18.1 Å². The van der Waals surface area contributed by atoms with Crippen molar-refractivity contribution in [3.63, 3.8) is 0 Å². The van der Waals surface area contributed by atoms with Crippen molar-refractivity contribution < 1.29 is 18.6 Å². The van der Waals surface area contributed by atoms with E-state index >= 15 is 0 Å². The molecule has 1 aromatic carbocycles. The molecule has 9 nitrogen and oxygen atoms in total. The second-order valence-corrected chi connectivity index (χ2v) is 9.79. The SMILES string of the molecule is CC(C)n1c(=O)n(CCCO)c(=O)c2c1nc(-c1cccnc1OC[C@@H]1CC1(F)F)n2Cc1ccccc1. The molecule has 1 fully saturated rings. The first kappa shape index (κ1) is 25.8. The Kier molecular flexibility index (Phi) is 6.87. The summed E-state index contributed by atoms with van der Waals surface area (Å²) in [6.45, 7) is 3.60. The molecule has 1 atom stereocenters. The number of halogens is 2. The van der Waals surface area contributed by atoms with Crippen molar-refractivity contribution in [3.8, 4) is 17.3 Å². The van der Waals surface area contributed by atoms with Gasteiger partial charge in [-0.1, -0.05) is 30.3 Å². The van der Waals surface area contributed by atoms with Crippen LogP contribution < -0.4 is 16.0 Å². The minimum absolute atomic E-state index is 0.0551. The van der Waals surface area contributed by atoms with Gasteiger partial charge in [-0.3, -0.25) is 13.9 Å². The fraction of sp³-hybridized carbons (Fsp3) is 0.407. The van der Waals surface area contributed by atoms with Crippen molar-refractivity contribution in [2.75, 3.05) is 13.2 Å². The molecular weight excluding hydrogens is 496 g/mol. The third kappa shape index (κ3) is 4.73. The fourth-order valence-corrected chi connectivity index (χ4v) is 4.58. The van der Waals surface area contributed by atoms with Crippen LogP contribution in [0.3, 0.4) is 0 Å². The van der Waals surface area contributed by atoms with Crippen LogP contribution in [0.15, 0.2) is 58.3 Å². The van der Waals surface area contributed by atoms with E-state index in [1.165, 1.54) is 10.8 Å². The maximum Gasteiger partial charge on any atom is 0.332 e. The maximum absolute atomic E-state index is 13.7. The summed E-state index contributed by atoms with van der Waals surface area (Å²) in [5, 5.41) is 9.35. The van der Waals surface area contributed by atoms with Crippen LogP contribution >= 0.6 is 0 Å². The molecule has 0 saturated heterocycles. The Bertz CT molecular complexity index is 1580. The van der Waals surface area contributed by atoms with E-state index in [1.54, 1.807) is 16.7 Å². The van der Waals surface area contributed by atoms with Gasteiger partial charge in [-0.2, -0.15) is 0 Å². The lowest BCUT2D eigenvalue weighted by molar-refractivity contribution is 0.0850. The number of alkyl halides is 2. The minimum Gasteiger partial charge on any atom is -0.477 e. The highest BCUT2D eigenvalue weighted by Crippen LogP contribution is 2.48. The molecule has 38 heavy (non-hydrogen) atoms. The Balaban J connectivity index is 1.74. The second-order valence-electron chi connectivity index (χ2n) is 9.79. The van der Waals surface area contributed by atoms with Gasteiger partial charge in [0.2, 0.25) is 5.88 Å². The van der Waals surface area contributed by atoms with E-state index in [2.05, 4.69) is 4.98 Å². The van der Waals surface area contributed by atoms with Gasteiger partial charge in [0.1, 0.15) is 5.82 Å². The van der Waals surface area contributed by atoms with Crippen LogP contribution in [0.25, 0.3) is 22.6 Å². The Morgan fingerprint density at radius 1 is 1.13 bits per heavy atom. The van der Waals surface area contributed by atoms with E-state index in [0.717, 1.165) is 10.1 Å². The largest absolute Gasteiger partial charge is 0.477 e. The Labute approximate surface area is 217 Å². The van der Waals surface area contributed by atoms with E-state index in [1.807, 2.05) is 44.2 Å². The monoisotopic (exact) mass is 525 g/mol. The summed E-state index contributed by atoms with van der Waals surface area (Å²) < 4.78 is 37.0. The van der Waals surface area contributed by atoms with Gasteiger partial charge in [0.25, 0.3) is 11.5 Å². The molecule has 1 N–H and O–H groups in total. The number of hydrogen-bond donors (Lipinski definition) is 1. The van der Waals surface area contributed by atoms with Gasteiger partial charge in [0, 0.05) is 38.4 Å². The molecule has 5 rings (SSSR count). The van der Waals surface area contributed by atoms with Crippen LogP contribution in [0.5, 0.6) is 5.88 Å². The molecule has 4 aromatic rings. The first-order chi connectivity index (χ1) is 18.2. The van der Waals surface area contributed by atoms with Gasteiger partial charge in [0.15, 0.2) is 11.2 Å². The molecule has 11 heteroatoms. The van der Waals surface area contributed by atoms with Crippen molar-refractivity contribution in [1.82, 2.24) is 23.7 Å². The summed E-state index contributed by atoms with van der Waals surface area (Å²) in [5.41, 5.74) is 0.714. The Morgan fingerprint density at radius 2 is 1.87 bits per heavy atom. The summed E-state index contributed by atoms with van der Waals surface area (Å²) >= 11 is 0. The van der Waals surface area contributed by atoms with Crippen molar-refractivity contribution in [2.45, 2.75) is 51.7 Å². The van der Waals surface area contributed by atoms with Crippen LogP contribution in [-0.2, 0) is 13.1 Å². The molecule has 200 valence electrons. The highest BCUT2D eigenvalue weighted by Gasteiger charge is 2.57. The fourth-order valence-electron chi connectivity index (χ4n) is 4.58. The number of fused-ring (bicyclic) bond motifs is 1. The number of benzene rings is 1. The van der Waals surface area contributed by atoms with Crippen LogP contribution in [-0.4, -0.2) is 47.9 Å². The van der Waals surface area contributed by atoms with Crippen molar-refractivity contribution in [3.05, 3.63) is 75.1 Å². The number of pyridine rings is 1. The average Bonchev–Trinajstić information content (AvgIpc) is 3.35. The van der Waals surface area contributed by atoms with E-state index < -0.39 is 23.1 Å². The Morgan fingerprint density at radius 3 is 2.53 bits per heavy atom. The zero-order chi connectivity index (χ0) is 27.0. The number of ether oxygens (including phenoxy) is 1. The number of hydrogen-bond acceptors (Lipinski definition) is 6. The van der Waals surface area contributed by atoms with Gasteiger partial charge >= 0.3 is 5.69 Å². The van der Waals surface area contributed by atoms with Crippen LogP contribution in [0, 0.1) is 5.92 Å². The molecular formula is C27H29F2N5O4. The van der Waals surface area contributed by atoms with Crippen LogP contribution in [0.4, 0.5) is 8.78 Å². The summed E-state index contributed by atoms with van der Waals surface area (Å²) in [6.07, 6.45) is 1.51. The van der Waals surface area contributed by atoms with E-state index in [0.29, 0.717) is 11.4 Å². The second kappa shape index (κ2) is 10.1. The molecule has 1 saturated carbocycles. The van der Waals surface area contributed by atoms with Gasteiger partial charge in [-0.15, -0.1) is 0 Å². The molecule has 3 aromatic heterocycles. The Hall–Kier alpha value is -3.86. The highest BCUT2D eigenvalue weighted by molar-refractivity contribution is 5.78. The third-order valence-electron chi connectivity index (χ3n) is 6.69. The number of nitrogens with zero attached hydrogens (tertiary/aromatic N) is 5. The summed E-state index contributed by atoms with van der Waals surface area (Å²) in [7, 11) is 0. The number of aliphatic hydroxyl groups excluding tert-OH is 1. The van der Waals surface area contributed by atoms with E-state index in [-0.39, 0.29) is 62.2 Å². The molecule has 0 spiro atoms. The molecule has 3 heterocycles. The average molecular weight is 526 g/mol. The van der Waals surface area contributed by atoms with E-state index in [4.69, 9.17) is 9.72 Å². The quantitative estimate of drug-likeness (QED) is 0.340. The predicted molar refractivity (Wildman–Crippen MR) is 138 cm³/mol. The van der Waals surface area contributed by atoms with Gasteiger partial charge < -0.3 is 14.4 Å². The molecule has 0 aliphatic heterocycles. The zero-order valence-corrected chi connectivity index (χ0v) is 21.2. The zero-order valence-electron chi connectivity index (χ0n) is 21.2. The first-order valence-corrected chi connectivity index (χ1v) is 12.6. The molecule has 1 aliphatic rings. The topological polar surface area (TPSA) is 104 Å². The standard InChI is InChI=1S/C27H29F2N5O4/c1-17(2)34-23-21(25(36)32(26(34)37)12-7-13-35)33(15-18-8-4-3-5-9-18)22(31-23)20-10-6-11-30-24(20)38-16-19-14-27(19,28)29/h3-6,8-11,17,19,35H,7,12-16H2,1-2H3/t19-/m0/s1. The summed E-state index contributed by atoms with van der Waals surface area (Å²) in [4.78, 5) is 36.2. The number of aromatic nitrogens is 5. The molecule has 0 radical (unpaired) electrons. The van der Waals surface area contributed by atoms with Crippen molar-refractivity contribution in [2.24, 2.45) is 5.92 Å². The lowest BCUT2D eigenvalue weighted by Gasteiger charge is -2.15. The first-order valence-electron chi connectivity index (χ1n) is 12.6. The van der Waals surface area contributed by atoms with Crippen molar-refractivity contribution in [1.29, 1.82) is 0 Å². The predicted octanol–water partition coefficient (Wildman–Crippen LogP) is 3.47. The highest BCUT2D eigenvalue weighted by atomic mass is 19.3. The van der Waals surface area contributed by atoms with Crippen molar-refractivity contribution >= 4 is 11.2 Å². The normalized spacial score (nSPS) is 16.3. The summed E-state index contributed by atoms with van der Waals surface area (Å²) in [6, 6.07) is 12.5. The number of imidazole rings is 1. The lowest BCUT2D eigenvalue weighted by atomic mass is 10.2. The minimum atomic E-state index is -2.73. The number of rotatable bonds is 10. The third-order valence-corrected chi connectivity index (χ3v) is 6.69. The molecule has 0 unspecified atom stereocenters. The lowest BCUT2D eigenvalue weighted by Crippen LogP contribution is -2.41. The summed E-state index contributed by atoms with van der Waals surface area (Å²) in [5.74, 6) is -3.15. The molecule has 0 bridgehead atoms. The molecule has 0 amide bonds. The van der Waals surface area contributed by atoms with Crippen LogP contribution in [0.1, 0.15) is 38.3 Å². The van der Waals surface area contributed by atoms with Gasteiger partial charge in [-0.25, -0.2) is 23.5 Å². The van der Waals surface area contributed by atoms with E-state index in [9.17, 15) is 23.5 Å². The van der Waals surface area contributed by atoms with Gasteiger partial charge in [-0.05, 0) is 38.0 Å².